The number of nitrogens with two attached hydrogens (primary N) is 1. The van der Waals surface area contributed by atoms with Crippen LogP contribution in [0.3, 0.4) is 0 Å². The molecule has 0 aliphatic rings. The number of aliphatic hydroxyl groups is 1. The molecule has 1 rings (SSSR count). The molecular formula is C13H18F3NO. The van der Waals surface area contributed by atoms with Crippen LogP contribution in [0.2, 0.25) is 0 Å². The largest absolute Gasteiger partial charge is 0.403 e. The normalized spacial score (nSPS) is 15.8. The minimum absolute atomic E-state index is 0.341. The van der Waals surface area contributed by atoms with Gasteiger partial charge >= 0.3 is 6.18 Å². The van der Waals surface area contributed by atoms with Crippen LogP contribution in [-0.2, 0) is 0 Å². The molecule has 0 unspecified atom stereocenters. The van der Waals surface area contributed by atoms with Crippen LogP contribution in [-0.4, -0.2) is 17.3 Å². The van der Waals surface area contributed by atoms with E-state index in [1.165, 1.54) is 0 Å². The van der Waals surface area contributed by atoms with E-state index in [1.54, 1.807) is 12.1 Å². The summed E-state index contributed by atoms with van der Waals surface area (Å²) in [7, 11) is 0. The van der Waals surface area contributed by atoms with Crippen LogP contribution < -0.4 is 5.73 Å². The third-order valence-corrected chi connectivity index (χ3v) is 2.89. The minimum Gasteiger partial charge on any atom is -0.388 e. The molecule has 1 aromatic rings. The summed E-state index contributed by atoms with van der Waals surface area (Å²) in [5.41, 5.74) is 6.51. The zero-order valence-corrected chi connectivity index (χ0v) is 10.4. The number of hydrogen-bond donors (Lipinski definition) is 2. The Morgan fingerprint density at radius 2 is 1.56 bits per heavy atom. The molecule has 0 aliphatic heterocycles. The average Bonchev–Trinajstić information content (AvgIpc) is 2.27. The fourth-order valence-corrected chi connectivity index (χ4v) is 1.61. The first-order chi connectivity index (χ1) is 8.21. The molecule has 18 heavy (non-hydrogen) atoms. The van der Waals surface area contributed by atoms with Crippen molar-refractivity contribution < 1.29 is 18.3 Å². The van der Waals surface area contributed by atoms with Gasteiger partial charge in [0.2, 0.25) is 0 Å². The first-order valence-electron chi connectivity index (χ1n) is 5.82. The van der Waals surface area contributed by atoms with Gasteiger partial charge in [-0.3, -0.25) is 0 Å². The molecule has 102 valence electrons. The highest BCUT2D eigenvalue weighted by molar-refractivity contribution is 5.26. The van der Waals surface area contributed by atoms with Crippen molar-refractivity contribution in [1.29, 1.82) is 0 Å². The highest BCUT2D eigenvalue weighted by atomic mass is 19.4. The fraction of sp³-hybridized carbons (Fsp3) is 0.538. The summed E-state index contributed by atoms with van der Waals surface area (Å²) in [6.45, 7) is 4.04. The molecule has 0 radical (unpaired) electrons. The molecule has 1 aromatic carbocycles. The number of alkyl halides is 3. The molecule has 0 amide bonds. The maximum Gasteiger partial charge on any atom is 0.403 e. The molecule has 0 saturated carbocycles. The van der Waals surface area contributed by atoms with E-state index >= 15 is 0 Å². The summed E-state index contributed by atoms with van der Waals surface area (Å²) in [4.78, 5) is 0. The Morgan fingerprint density at radius 1 is 1.11 bits per heavy atom. The lowest BCUT2D eigenvalue weighted by atomic mass is 9.97. The van der Waals surface area contributed by atoms with Gasteiger partial charge in [0.25, 0.3) is 0 Å². The smallest absolute Gasteiger partial charge is 0.388 e. The van der Waals surface area contributed by atoms with Crippen molar-refractivity contribution in [3.63, 3.8) is 0 Å². The van der Waals surface area contributed by atoms with Crippen molar-refractivity contribution in [2.45, 2.75) is 44.5 Å². The Morgan fingerprint density at radius 3 is 1.94 bits per heavy atom. The van der Waals surface area contributed by atoms with E-state index in [9.17, 15) is 18.3 Å². The van der Waals surface area contributed by atoms with Crippen LogP contribution in [0.25, 0.3) is 0 Å². The minimum atomic E-state index is -4.47. The Kier molecular flexibility index (Phi) is 4.76. The van der Waals surface area contributed by atoms with E-state index in [0.717, 1.165) is 5.56 Å². The van der Waals surface area contributed by atoms with Gasteiger partial charge in [0, 0.05) is 6.42 Å². The van der Waals surface area contributed by atoms with Crippen LogP contribution in [0, 0.1) is 0 Å². The van der Waals surface area contributed by atoms with Crippen molar-refractivity contribution in [3.05, 3.63) is 35.4 Å². The maximum atomic E-state index is 12.3. The van der Waals surface area contributed by atoms with Gasteiger partial charge < -0.3 is 10.8 Å². The highest BCUT2D eigenvalue weighted by Gasteiger charge is 2.37. The van der Waals surface area contributed by atoms with Gasteiger partial charge in [-0.05, 0) is 17.0 Å². The molecular weight excluding hydrogens is 243 g/mol. The molecule has 2 nitrogen and oxygen atoms in total. The van der Waals surface area contributed by atoms with E-state index in [1.807, 2.05) is 26.0 Å². The number of hydrogen-bond acceptors (Lipinski definition) is 2. The summed E-state index contributed by atoms with van der Waals surface area (Å²) in [6.07, 6.45) is -6.19. The second-order valence-corrected chi connectivity index (χ2v) is 4.72. The van der Waals surface area contributed by atoms with E-state index < -0.39 is 24.7 Å². The maximum absolute atomic E-state index is 12.3. The van der Waals surface area contributed by atoms with Gasteiger partial charge in [0.1, 0.15) is 6.04 Å². The van der Waals surface area contributed by atoms with E-state index in [4.69, 9.17) is 5.73 Å². The molecule has 0 aromatic heterocycles. The topological polar surface area (TPSA) is 46.2 Å². The second kappa shape index (κ2) is 5.71. The van der Waals surface area contributed by atoms with Crippen LogP contribution in [0.1, 0.15) is 43.4 Å². The zero-order valence-electron chi connectivity index (χ0n) is 10.4. The van der Waals surface area contributed by atoms with Crippen molar-refractivity contribution in [3.8, 4) is 0 Å². The first-order valence-corrected chi connectivity index (χ1v) is 5.82. The average molecular weight is 261 g/mol. The van der Waals surface area contributed by atoms with E-state index in [-0.39, 0.29) is 0 Å². The van der Waals surface area contributed by atoms with Gasteiger partial charge in [-0.25, -0.2) is 0 Å². The van der Waals surface area contributed by atoms with Crippen LogP contribution in [0.15, 0.2) is 24.3 Å². The van der Waals surface area contributed by atoms with Crippen LogP contribution >= 0.6 is 0 Å². The molecule has 5 heteroatoms. The van der Waals surface area contributed by atoms with Gasteiger partial charge in [-0.15, -0.1) is 0 Å². The predicted molar refractivity (Wildman–Crippen MR) is 64.1 cm³/mol. The summed E-state index contributed by atoms with van der Waals surface area (Å²) >= 11 is 0. The molecule has 0 bridgehead atoms. The Balaban J connectivity index is 2.70. The van der Waals surface area contributed by atoms with Crippen LogP contribution in [0.4, 0.5) is 13.2 Å². The molecule has 0 aliphatic carbocycles. The third kappa shape index (κ3) is 3.99. The van der Waals surface area contributed by atoms with Crippen molar-refractivity contribution >= 4 is 0 Å². The summed E-state index contributed by atoms with van der Waals surface area (Å²) in [6, 6.07) is 4.90. The summed E-state index contributed by atoms with van der Waals surface area (Å²) in [5.74, 6) is 0.341. The van der Waals surface area contributed by atoms with Crippen molar-refractivity contribution in [2.75, 3.05) is 0 Å². The third-order valence-electron chi connectivity index (χ3n) is 2.89. The molecule has 3 N–H and O–H groups in total. The van der Waals surface area contributed by atoms with Gasteiger partial charge in [0.05, 0.1) is 6.10 Å². The lowest BCUT2D eigenvalue weighted by molar-refractivity contribution is -0.153. The SMILES string of the molecule is CC(C)c1ccc([C@H](O)C[C@H](N)C(F)(F)F)cc1. The van der Waals surface area contributed by atoms with Crippen LogP contribution in [0.5, 0.6) is 0 Å². The molecule has 0 fully saturated rings. The Labute approximate surface area is 105 Å². The van der Waals surface area contributed by atoms with E-state index in [0.29, 0.717) is 11.5 Å². The molecule has 2 atom stereocenters. The molecule has 0 saturated heterocycles. The van der Waals surface area contributed by atoms with E-state index in [2.05, 4.69) is 0 Å². The van der Waals surface area contributed by atoms with Gasteiger partial charge in [-0.2, -0.15) is 13.2 Å². The van der Waals surface area contributed by atoms with Gasteiger partial charge in [-0.1, -0.05) is 38.1 Å². The number of aliphatic hydroxyl groups excluding tert-OH is 1. The highest BCUT2D eigenvalue weighted by Crippen LogP contribution is 2.27. The fourth-order valence-electron chi connectivity index (χ4n) is 1.61. The molecule has 0 heterocycles. The van der Waals surface area contributed by atoms with Crippen molar-refractivity contribution in [1.82, 2.24) is 0 Å². The predicted octanol–water partition coefficient (Wildman–Crippen LogP) is 3.12. The summed E-state index contributed by atoms with van der Waals surface area (Å²) < 4.78 is 36.8. The van der Waals surface area contributed by atoms with Crippen molar-refractivity contribution in [2.24, 2.45) is 5.73 Å². The second-order valence-electron chi connectivity index (χ2n) is 4.72. The lowest BCUT2D eigenvalue weighted by Crippen LogP contribution is -2.38. The van der Waals surface area contributed by atoms with Gasteiger partial charge in [0.15, 0.2) is 0 Å². The standard InChI is InChI=1S/C13H18F3NO/c1-8(2)9-3-5-10(6-4-9)11(18)7-12(17)13(14,15)16/h3-6,8,11-12,18H,7,17H2,1-2H3/t11-,12+/m1/s1. The zero-order chi connectivity index (χ0) is 13.9. The monoisotopic (exact) mass is 261 g/mol. The number of rotatable bonds is 4. The summed E-state index contributed by atoms with van der Waals surface area (Å²) in [5, 5.41) is 9.70. The lowest BCUT2D eigenvalue weighted by Gasteiger charge is -2.19. The first kappa shape index (κ1) is 15.0. The Bertz CT molecular complexity index is 373. The molecule has 0 spiro atoms. The number of benzene rings is 1. The quantitative estimate of drug-likeness (QED) is 0.874. The number of halogens is 3. The Hall–Kier alpha value is -1.07.